The monoisotopic (exact) mass is 333 g/mol. The second-order valence-corrected chi connectivity index (χ2v) is 6.09. The van der Waals surface area contributed by atoms with Crippen molar-refractivity contribution < 1.29 is 14.3 Å². The number of likely N-dealkylation sites (tertiary alicyclic amines) is 1. The van der Waals surface area contributed by atoms with Gasteiger partial charge in [-0.1, -0.05) is 17.7 Å². The third-order valence-corrected chi connectivity index (χ3v) is 4.20. The predicted octanol–water partition coefficient (Wildman–Crippen LogP) is 1.86. The number of aryl methyl sites for hydroxylation is 1. The van der Waals surface area contributed by atoms with Gasteiger partial charge in [-0.25, -0.2) is 4.79 Å². The van der Waals surface area contributed by atoms with E-state index >= 15 is 0 Å². The van der Waals surface area contributed by atoms with Gasteiger partial charge in [-0.15, -0.1) is 0 Å². The number of urea groups is 1. The molecule has 6 nitrogen and oxygen atoms in total. The Bertz CT molecular complexity index is 569. The molecule has 6 heteroatoms. The first-order valence-corrected chi connectivity index (χ1v) is 8.53. The van der Waals surface area contributed by atoms with E-state index in [-0.39, 0.29) is 11.9 Å². The molecule has 0 saturated carbocycles. The van der Waals surface area contributed by atoms with Crippen molar-refractivity contribution in [2.75, 3.05) is 33.3 Å². The molecule has 0 bridgehead atoms. The van der Waals surface area contributed by atoms with E-state index in [0.717, 1.165) is 42.8 Å². The highest BCUT2D eigenvalue weighted by Crippen LogP contribution is 2.19. The third-order valence-electron chi connectivity index (χ3n) is 4.20. The molecule has 3 amide bonds. The molecule has 1 aromatic rings. The summed E-state index contributed by atoms with van der Waals surface area (Å²) in [5.74, 6) is 0.955. The molecular formula is C18H27N3O3. The molecule has 0 atom stereocenters. The van der Waals surface area contributed by atoms with Crippen LogP contribution in [0.2, 0.25) is 0 Å². The number of ether oxygens (including phenoxy) is 1. The van der Waals surface area contributed by atoms with Crippen LogP contribution in [-0.2, 0) is 11.2 Å². The average Bonchev–Trinajstić information content (AvgIpc) is 3.09. The Hall–Kier alpha value is -2.24. The van der Waals surface area contributed by atoms with Gasteiger partial charge < -0.3 is 20.3 Å². The van der Waals surface area contributed by atoms with Gasteiger partial charge in [-0.2, -0.15) is 0 Å². The van der Waals surface area contributed by atoms with Crippen LogP contribution in [0.1, 0.15) is 30.4 Å². The van der Waals surface area contributed by atoms with E-state index in [2.05, 4.69) is 16.7 Å². The number of rotatable bonds is 7. The zero-order valence-corrected chi connectivity index (χ0v) is 14.6. The van der Waals surface area contributed by atoms with E-state index in [9.17, 15) is 9.59 Å². The molecule has 24 heavy (non-hydrogen) atoms. The number of carbonyl (C=O) groups excluding carboxylic acids is 2. The number of nitrogens with one attached hydrogen (secondary N) is 2. The molecule has 0 spiro atoms. The van der Waals surface area contributed by atoms with Crippen LogP contribution in [0, 0.1) is 6.92 Å². The number of hydrogen-bond acceptors (Lipinski definition) is 3. The van der Waals surface area contributed by atoms with E-state index in [1.807, 2.05) is 24.0 Å². The summed E-state index contributed by atoms with van der Waals surface area (Å²) in [6, 6.07) is 5.76. The molecule has 1 fully saturated rings. The van der Waals surface area contributed by atoms with Crippen molar-refractivity contribution in [1.82, 2.24) is 15.5 Å². The van der Waals surface area contributed by atoms with Gasteiger partial charge in [0, 0.05) is 32.6 Å². The summed E-state index contributed by atoms with van der Waals surface area (Å²) in [6.07, 6.45) is 3.23. The molecule has 1 aliphatic heterocycles. The zero-order chi connectivity index (χ0) is 17.4. The fourth-order valence-corrected chi connectivity index (χ4v) is 2.88. The maximum absolute atomic E-state index is 11.9. The lowest BCUT2D eigenvalue weighted by atomic mass is 10.1. The molecule has 0 aromatic heterocycles. The van der Waals surface area contributed by atoms with E-state index in [1.54, 1.807) is 7.11 Å². The first-order chi connectivity index (χ1) is 11.6. The normalized spacial score (nSPS) is 13.7. The predicted molar refractivity (Wildman–Crippen MR) is 93.3 cm³/mol. The Kier molecular flexibility index (Phi) is 6.90. The van der Waals surface area contributed by atoms with E-state index < -0.39 is 0 Å². The lowest BCUT2D eigenvalue weighted by Gasteiger charge is -2.15. The van der Waals surface area contributed by atoms with Crippen LogP contribution < -0.4 is 15.4 Å². The van der Waals surface area contributed by atoms with Gasteiger partial charge in [-0.3, -0.25) is 4.79 Å². The van der Waals surface area contributed by atoms with Crippen LogP contribution in [-0.4, -0.2) is 50.1 Å². The second kappa shape index (κ2) is 9.15. The van der Waals surface area contributed by atoms with E-state index in [4.69, 9.17) is 4.74 Å². The lowest BCUT2D eigenvalue weighted by molar-refractivity contribution is -0.129. The molecule has 132 valence electrons. The minimum Gasteiger partial charge on any atom is -0.496 e. The zero-order valence-electron chi connectivity index (χ0n) is 14.6. The molecule has 1 heterocycles. The standard InChI is InChI=1S/C18H27N3O3/c1-14-5-6-16(24-2)15(13-14)7-9-19-18(23)20-10-8-17(22)21-11-3-4-12-21/h5-6,13H,3-4,7-12H2,1-2H3,(H2,19,20,23). The van der Waals surface area contributed by atoms with Gasteiger partial charge in [0.15, 0.2) is 0 Å². The highest BCUT2D eigenvalue weighted by atomic mass is 16.5. The first kappa shape index (κ1) is 18.1. The molecular weight excluding hydrogens is 306 g/mol. The topological polar surface area (TPSA) is 70.7 Å². The van der Waals surface area contributed by atoms with Crippen molar-refractivity contribution in [3.05, 3.63) is 29.3 Å². The molecule has 1 saturated heterocycles. The highest BCUT2D eigenvalue weighted by molar-refractivity contribution is 5.78. The fourth-order valence-electron chi connectivity index (χ4n) is 2.88. The van der Waals surface area contributed by atoms with Crippen molar-refractivity contribution in [2.45, 2.75) is 32.6 Å². The number of hydrogen-bond donors (Lipinski definition) is 2. The maximum Gasteiger partial charge on any atom is 0.314 e. The molecule has 1 aliphatic rings. The average molecular weight is 333 g/mol. The molecule has 0 aliphatic carbocycles. The Morgan fingerprint density at radius 2 is 1.88 bits per heavy atom. The fraction of sp³-hybridized carbons (Fsp3) is 0.556. The largest absolute Gasteiger partial charge is 0.496 e. The molecule has 0 radical (unpaired) electrons. The van der Waals surface area contributed by atoms with Crippen LogP contribution >= 0.6 is 0 Å². The van der Waals surface area contributed by atoms with Crippen molar-refractivity contribution in [1.29, 1.82) is 0 Å². The number of carbonyl (C=O) groups is 2. The van der Waals surface area contributed by atoms with Gasteiger partial charge in [0.25, 0.3) is 0 Å². The number of benzene rings is 1. The summed E-state index contributed by atoms with van der Waals surface area (Å²) in [6.45, 7) is 4.62. The van der Waals surface area contributed by atoms with Gasteiger partial charge in [0.1, 0.15) is 5.75 Å². The first-order valence-electron chi connectivity index (χ1n) is 8.53. The smallest absolute Gasteiger partial charge is 0.314 e. The summed E-state index contributed by atoms with van der Waals surface area (Å²) in [7, 11) is 1.64. The summed E-state index contributed by atoms with van der Waals surface area (Å²) in [5, 5.41) is 5.55. The molecule has 1 aromatic carbocycles. The Labute approximate surface area is 143 Å². The lowest BCUT2D eigenvalue weighted by Crippen LogP contribution is -2.39. The van der Waals surface area contributed by atoms with Gasteiger partial charge >= 0.3 is 6.03 Å². The van der Waals surface area contributed by atoms with Crippen LogP contribution in [0.4, 0.5) is 4.79 Å². The number of methoxy groups -OCH3 is 1. The summed E-state index contributed by atoms with van der Waals surface area (Å²) in [5.41, 5.74) is 2.23. The van der Waals surface area contributed by atoms with E-state index in [1.165, 1.54) is 0 Å². The number of amides is 3. The second-order valence-electron chi connectivity index (χ2n) is 6.09. The maximum atomic E-state index is 11.9. The Morgan fingerprint density at radius 1 is 1.17 bits per heavy atom. The molecule has 2 rings (SSSR count). The van der Waals surface area contributed by atoms with Crippen molar-refractivity contribution in [3.8, 4) is 5.75 Å². The minimum absolute atomic E-state index is 0.122. The minimum atomic E-state index is -0.240. The summed E-state index contributed by atoms with van der Waals surface area (Å²) < 4.78 is 5.33. The van der Waals surface area contributed by atoms with Gasteiger partial charge in [-0.05, 0) is 37.8 Å². The summed E-state index contributed by atoms with van der Waals surface area (Å²) in [4.78, 5) is 25.5. The van der Waals surface area contributed by atoms with Crippen LogP contribution in [0.5, 0.6) is 5.75 Å². The molecule has 2 N–H and O–H groups in total. The van der Waals surface area contributed by atoms with Crippen molar-refractivity contribution in [2.24, 2.45) is 0 Å². The third kappa shape index (κ3) is 5.44. The summed E-state index contributed by atoms with van der Waals surface area (Å²) >= 11 is 0. The van der Waals surface area contributed by atoms with Crippen molar-refractivity contribution >= 4 is 11.9 Å². The van der Waals surface area contributed by atoms with E-state index in [0.29, 0.717) is 25.9 Å². The SMILES string of the molecule is COc1ccc(C)cc1CCNC(=O)NCCC(=O)N1CCCC1. The van der Waals surface area contributed by atoms with Crippen LogP contribution in [0.3, 0.4) is 0 Å². The Morgan fingerprint density at radius 3 is 2.58 bits per heavy atom. The Balaban J connectivity index is 1.64. The molecule has 0 unspecified atom stereocenters. The van der Waals surface area contributed by atoms with Gasteiger partial charge in [0.2, 0.25) is 5.91 Å². The van der Waals surface area contributed by atoms with Crippen LogP contribution in [0.25, 0.3) is 0 Å². The quantitative estimate of drug-likeness (QED) is 0.800. The number of nitrogens with zero attached hydrogens (tertiary/aromatic N) is 1. The highest BCUT2D eigenvalue weighted by Gasteiger charge is 2.17. The van der Waals surface area contributed by atoms with Gasteiger partial charge in [0.05, 0.1) is 7.11 Å². The van der Waals surface area contributed by atoms with Crippen LogP contribution in [0.15, 0.2) is 18.2 Å². The van der Waals surface area contributed by atoms with Crippen molar-refractivity contribution in [3.63, 3.8) is 0 Å².